The molecule has 1 saturated heterocycles. The maximum atomic E-state index is 14.4. The van der Waals surface area contributed by atoms with E-state index in [1.807, 2.05) is 45.0 Å². The lowest BCUT2D eigenvalue weighted by molar-refractivity contribution is -0.131. The summed E-state index contributed by atoms with van der Waals surface area (Å²) in [5, 5.41) is 19.3. The van der Waals surface area contributed by atoms with Crippen LogP contribution in [0.2, 0.25) is 0 Å². The molecule has 50 heavy (non-hydrogen) atoms. The summed E-state index contributed by atoms with van der Waals surface area (Å²) in [5.74, 6) is 0.943. The SMILES string of the molecule is CC(C)C[C@H](NC(=O)[C@]1(c2ccccc2)C[C@@H]1CN1CC[C@@]2(C)c3cc(O)ccc3C[C@@H]1[C@H]2C)C(=O)NCCCCCNC(=O)OC(C)(C)C. The number of nitrogens with one attached hydrogen (secondary N) is 3. The van der Waals surface area contributed by atoms with Crippen LogP contribution in [0.25, 0.3) is 0 Å². The second kappa shape index (κ2) is 15.3. The number of fused-ring (bicyclic) bond motifs is 4. The molecular formula is C41H60N4O5. The fourth-order valence-corrected chi connectivity index (χ4v) is 8.51. The number of hydrogen-bond acceptors (Lipinski definition) is 6. The Hall–Kier alpha value is -3.59. The fourth-order valence-electron chi connectivity index (χ4n) is 8.51. The number of ether oxygens (including phenoxy) is 1. The minimum atomic E-state index is -0.666. The Morgan fingerprint density at radius 3 is 2.40 bits per heavy atom. The third kappa shape index (κ3) is 8.47. The van der Waals surface area contributed by atoms with Crippen molar-refractivity contribution in [2.45, 2.75) is 122 Å². The van der Waals surface area contributed by atoms with E-state index in [0.717, 1.165) is 57.2 Å². The van der Waals surface area contributed by atoms with Crippen LogP contribution in [0.15, 0.2) is 48.5 Å². The number of benzene rings is 2. The van der Waals surface area contributed by atoms with E-state index < -0.39 is 23.2 Å². The molecule has 6 atom stereocenters. The summed E-state index contributed by atoms with van der Waals surface area (Å²) in [6, 6.07) is 15.7. The number of nitrogens with zero attached hydrogens (tertiary/aromatic N) is 1. The number of alkyl carbamates (subject to hydrolysis) is 1. The van der Waals surface area contributed by atoms with Crippen molar-refractivity contribution >= 4 is 17.9 Å². The Bertz CT molecular complexity index is 1510. The number of carbonyl (C=O) groups excluding carboxylic acids is 3. The minimum Gasteiger partial charge on any atom is -0.508 e. The summed E-state index contributed by atoms with van der Waals surface area (Å²) >= 11 is 0. The highest BCUT2D eigenvalue weighted by atomic mass is 16.6. The van der Waals surface area contributed by atoms with Gasteiger partial charge in [0.25, 0.3) is 0 Å². The first-order valence-corrected chi connectivity index (χ1v) is 18.8. The summed E-state index contributed by atoms with van der Waals surface area (Å²) in [6.45, 7) is 17.2. The van der Waals surface area contributed by atoms with E-state index in [-0.39, 0.29) is 29.1 Å². The molecule has 274 valence electrons. The zero-order valence-corrected chi connectivity index (χ0v) is 31.3. The molecule has 0 spiro atoms. The number of aromatic hydroxyl groups is 1. The number of likely N-dealkylation sites (tertiary alicyclic amines) is 1. The number of unbranched alkanes of at least 4 members (excludes halogenated alkanes) is 2. The average Bonchev–Trinajstić information content (AvgIpc) is 3.78. The maximum Gasteiger partial charge on any atom is 0.407 e. The monoisotopic (exact) mass is 688 g/mol. The number of rotatable bonds is 14. The molecule has 1 aliphatic heterocycles. The van der Waals surface area contributed by atoms with Crippen molar-refractivity contribution in [3.8, 4) is 5.75 Å². The summed E-state index contributed by atoms with van der Waals surface area (Å²) in [6.07, 6.45) is 5.27. The lowest BCUT2D eigenvalue weighted by Crippen LogP contribution is -2.58. The van der Waals surface area contributed by atoms with Crippen LogP contribution in [0, 0.1) is 17.8 Å². The molecule has 2 bridgehead atoms. The summed E-state index contributed by atoms with van der Waals surface area (Å²) in [7, 11) is 0. The molecule has 2 aromatic carbocycles. The van der Waals surface area contributed by atoms with Gasteiger partial charge in [-0.05, 0) is 124 Å². The molecule has 2 fully saturated rings. The minimum absolute atomic E-state index is 0.0132. The fraction of sp³-hybridized carbons (Fsp3) is 0.634. The molecule has 2 aliphatic carbocycles. The summed E-state index contributed by atoms with van der Waals surface area (Å²) in [5.41, 5.74) is 2.45. The number of amides is 3. The van der Waals surface area contributed by atoms with Crippen molar-refractivity contribution in [3.63, 3.8) is 0 Å². The predicted octanol–water partition coefficient (Wildman–Crippen LogP) is 6.22. The van der Waals surface area contributed by atoms with Crippen LogP contribution in [-0.4, -0.2) is 71.8 Å². The van der Waals surface area contributed by atoms with E-state index in [1.165, 1.54) is 11.1 Å². The van der Waals surface area contributed by atoms with E-state index in [4.69, 9.17) is 4.74 Å². The summed E-state index contributed by atoms with van der Waals surface area (Å²) < 4.78 is 5.28. The molecule has 3 amide bonds. The first-order chi connectivity index (χ1) is 23.6. The molecule has 3 aliphatic rings. The van der Waals surface area contributed by atoms with Crippen LogP contribution < -0.4 is 16.0 Å². The number of carbonyl (C=O) groups is 3. The molecule has 0 radical (unpaired) electrons. The Morgan fingerprint density at radius 1 is 1.02 bits per heavy atom. The van der Waals surface area contributed by atoms with Gasteiger partial charge in [0.15, 0.2) is 0 Å². The van der Waals surface area contributed by atoms with E-state index in [1.54, 1.807) is 6.07 Å². The quantitative estimate of drug-likeness (QED) is 0.175. The van der Waals surface area contributed by atoms with Gasteiger partial charge in [0, 0.05) is 25.7 Å². The number of hydrogen-bond donors (Lipinski definition) is 4. The van der Waals surface area contributed by atoms with E-state index in [9.17, 15) is 19.5 Å². The van der Waals surface area contributed by atoms with E-state index in [0.29, 0.717) is 37.2 Å². The average molecular weight is 689 g/mol. The number of piperidine rings is 1. The standard InChI is InChI=1S/C41H60N4O5/c1-27(2)22-34(36(47)42-19-12-9-13-20-43-38(49)50-39(4,5)6)44-37(48)41(30-14-10-8-11-15-30)25-31(41)26-45-21-18-40(7)28(3)35(45)23-29-16-17-32(46)24-33(29)40/h8,10-11,14-17,24,27-28,31,34-35,46H,9,12-13,18-23,25-26H2,1-7H3,(H,42,47)(H,43,49)(H,44,48)/t28-,31-,34+,35-,40-,41+/m1/s1. The van der Waals surface area contributed by atoms with Gasteiger partial charge in [-0.25, -0.2) is 4.79 Å². The van der Waals surface area contributed by atoms with E-state index >= 15 is 0 Å². The van der Waals surface area contributed by atoms with Gasteiger partial charge in [-0.2, -0.15) is 0 Å². The van der Waals surface area contributed by atoms with Gasteiger partial charge in [-0.3, -0.25) is 14.5 Å². The number of phenolic OH excluding ortho intramolecular Hbond substituents is 1. The maximum absolute atomic E-state index is 14.4. The normalized spacial score (nSPS) is 26.4. The lowest BCUT2D eigenvalue weighted by atomic mass is 9.59. The smallest absolute Gasteiger partial charge is 0.407 e. The Kier molecular flexibility index (Phi) is 11.6. The number of phenols is 1. The molecule has 0 unspecified atom stereocenters. The zero-order valence-electron chi connectivity index (χ0n) is 31.3. The molecule has 9 nitrogen and oxygen atoms in total. The van der Waals surface area contributed by atoms with Gasteiger partial charge in [-0.1, -0.05) is 64.1 Å². The van der Waals surface area contributed by atoms with Crippen molar-refractivity contribution in [1.29, 1.82) is 0 Å². The van der Waals surface area contributed by atoms with Crippen LogP contribution >= 0.6 is 0 Å². The van der Waals surface area contributed by atoms with Gasteiger partial charge in [0.05, 0.1) is 5.41 Å². The van der Waals surface area contributed by atoms with Crippen molar-refractivity contribution in [2.24, 2.45) is 17.8 Å². The topological polar surface area (TPSA) is 120 Å². The molecule has 2 aromatic rings. The van der Waals surface area contributed by atoms with Crippen molar-refractivity contribution in [2.75, 3.05) is 26.2 Å². The molecule has 4 N–H and O–H groups in total. The molecule has 0 aromatic heterocycles. The predicted molar refractivity (Wildman–Crippen MR) is 197 cm³/mol. The van der Waals surface area contributed by atoms with Crippen LogP contribution in [0.4, 0.5) is 4.79 Å². The third-order valence-corrected chi connectivity index (χ3v) is 11.5. The molecule has 9 heteroatoms. The second-order valence-electron chi connectivity index (χ2n) is 16.7. The van der Waals surface area contributed by atoms with Crippen molar-refractivity contribution < 1.29 is 24.2 Å². The summed E-state index contributed by atoms with van der Waals surface area (Å²) in [4.78, 5) is 42.4. The Balaban J connectivity index is 1.20. The second-order valence-corrected chi connectivity index (χ2v) is 16.7. The third-order valence-electron chi connectivity index (χ3n) is 11.5. The first kappa shape index (κ1) is 37.7. The Morgan fingerprint density at radius 2 is 1.72 bits per heavy atom. The van der Waals surface area contributed by atoms with Crippen molar-refractivity contribution in [1.82, 2.24) is 20.9 Å². The van der Waals surface area contributed by atoms with E-state index in [2.05, 4.69) is 66.7 Å². The van der Waals surface area contributed by atoms with Crippen LogP contribution in [0.5, 0.6) is 5.75 Å². The van der Waals surface area contributed by atoms with Gasteiger partial charge >= 0.3 is 6.09 Å². The van der Waals surface area contributed by atoms with Gasteiger partial charge in [0.2, 0.25) is 11.8 Å². The molecule has 5 rings (SSSR count). The van der Waals surface area contributed by atoms with Crippen LogP contribution in [0.1, 0.15) is 104 Å². The van der Waals surface area contributed by atoms with Crippen LogP contribution in [-0.2, 0) is 31.6 Å². The highest BCUT2D eigenvalue weighted by Crippen LogP contribution is 2.57. The van der Waals surface area contributed by atoms with Crippen LogP contribution in [0.3, 0.4) is 0 Å². The molecule has 1 saturated carbocycles. The van der Waals surface area contributed by atoms with Gasteiger partial charge in [0.1, 0.15) is 17.4 Å². The van der Waals surface area contributed by atoms with Crippen molar-refractivity contribution in [3.05, 3.63) is 65.2 Å². The zero-order chi connectivity index (χ0) is 36.3. The Labute approximate surface area is 299 Å². The first-order valence-electron chi connectivity index (χ1n) is 18.8. The van der Waals surface area contributed by atoms with Gasteiger partial charge < -0.3 is 25.8 Å². The highest BCUT2D eigenvalue weighted by molar-refractivity contribution is 5.95. The molecular weight excluding hydrogens is 628 g/mol. The van der Waals surface area contributed by atoms with Gasteiger partial charge in [-0.15, -0.1) is 0 Å². The molecule has 1 heterocycles. The lowest BCUT2D eigenvalue weighted by Gasteiger charge is -2.55. The largest absolute Gasteiger partial charge is 0.508 e. The highest BCUT2D eigenvalue weighted by Gasteiger charge is 2.62.